The fourth-order valence-electron chi connectivity index (χ4n) is 4.56. The first-order valence-corrected chi connectivity index (χ1v) is 13.4. The Morgan fingerprint density at radius 3 is 1.63 bits per heavy atom. The third kappa shape index (κ3) is 3.90. The maximum Gasteiger partial charge on any atom is 0.137 e. The van der Waals surface area contributed by atoms with Crippen molar-refractivity contribution in [3.63, 3.8) is 0 Å². The quantitative estimate of drug-likeness (QED) is 0.255. The Labute approximate surface area is 205 Å². The van der Waals surface area contributed by atoms with Crippen LogP contribution in [-0.4, -0.2) is 9.38 Å². The van der Waals surface area contributed by atoms with Crippen LogP contribution in [0.4, 0.5) is 5.69 Å². The molecule has 0 N–H and O–H groups in total. The minimum atomic E-state index is -2.37. The lowest BCUT2D eigenvalue weighted by Crippen LogP contribution is -2.25. The van der Waals surface area contributed by atoms with E-state index in [9.17, 15) is 0 Å². The zero-order chi connectivity index (χ0) is 23.5. The monoisotopic (exact) mass is 469 g/mol. The van der Waals surface area contributed by atoms with Crippen molar-refractivity contribution in [3.05, 3.63) is 146 Å². The molecule has 168 valence electrons. The fourth-order valence-corrected chi connectivity index (χ4v) is 8.10. The lowest BCUT2D eigenvalue weighted by Gasteiger charge is -2.27. The summed E-state index contributed by atoms with van der Waals surface area (Å²) in [5, 5.41) is 3.67. The average molecular weight is 470 g/mol. The van der Waals surface area contributed by atoms with Crippen LogP contribution in [0.2, 0.25) is 0 Å². The Balaban J connectivity index is 1.70. The van der Waals surface area contributed by atoms with Crippen LogP contribution in [0.3, 0.4) is 0 Å². The Morgan fingerprint density at radius 1 is 0.543 bits per heavy atom. The van der Waals surface area contributed by atoms with Crippen LogP contribution in [0.25, 0.3) is 16.9 Å². The number of fused-ring (bicyclic) bond motifs is 1. The maximum absolute atomic E-state index is 5.71. The van der Waals surface area contributed by atoms with E-state index >= 15 is 0 Å². The number of imidazole rings is 1. The van der Waals surface area contributed by atoms with Gasteiger partial charge in [-0.15, -0.1) is 0 Å². The predicted molar refractivity (Wildman–Crippen MR) is 148 cm³/mol. The van der Waals surface area contributed by atoms with Crippen LogP contribution >= 0.6 is 7.05 Å². The van der Waals surface area contributed by atoms with Crippen molar-refractivity contribution in [2.75, 3.05) is 0 Å². The van der Waals surface area contributed by atoms with E-state index < -0.39 is 7.05 Å². The van der Waals surface area contributed by atoms with Crippen molar-refractivity contribution in [1.29, 1.82) is 0 Å². The molecule has 2 aromatic heterocycles. The SMILES string of the molecule is c1ccc(P(=Nc2ccccc2-c2cn3ccccc3n2)(c2ccccc2)c2ccccc2)cc1. The summed E-state index contributed by atoms with van der Waals surface area (Å²) in [6.07, 6.45) is 4.11. The number of aromatic nitrogens is 2. The van der Waals surface area contributed by atoms with Gasteiger partial charge in [-0.2, -0.15) is 0 Å². The Hall–Kier alpha value is -4.20. The van der Waals surface area contributed by atoms with Crippen LogP contribution < -0.4 is 15.9 Å². The second-order valence-corrected chi connectivity index (χ2v) is 11.4. The fraction of sp³-hybridized carbons (Fsp3) is 0. The Morgan fingerprint density at radius 2 is 1.06 bits per heavy atom. The minimum absolute atomic E-state index is 0.919. The van der Waals surface area contributed by atoms with E-state index in [-0.39, 0.29) is 0 Å². The molecular weight excluding hydrogens is 445 g/mol. The maximum atomic E-state index is 5.71. The van der Waals surface area contributed by atoms with Crippen molar-refractivity contribution < 1.29 is 0 Å². The van der Waals surface area contributed by atoms with E-state index in [1.54, 1.807) is 0 Å². The second-order valence-electron chi connectivity index (χ2n) is 8.35. The molecule has 0 radical (unpaired) electrons. The van der Waals surface area contributed by atoms with Crippen molar-refractivity contribution in [2.24, 2.45) is 4.74 Å². The minimum Gasteiger partial charge on any atom is -0.306 e. The summed E-state index contributed by atoms with van der Waals surface area (Å²) >= 11 is 0. The summed E-state index contributed by atoms with van der Waals surface area (Å²) in [5.41, 5.74) is 3.82. The first kappa shape index (κ1) is 21.3. The smallest absolute Gasteiger partial charge is 0.137 e. The molecule has 0 aliphatic heterocycles. The molecule has 3 nitrogen and oxygen atoms in total. The summed E-state index contributed by atoms with van der Waals surface area (Å²) in [6.45, 7) is 0. The zero-order valence-electron chi connectivity index (χ0n) is 19.1. The van der Waals surface area contributed by atoms with Gasteiger partial charge in [0.2, 0.25) is 0 Å². The molecule has 6 rings (SSSR count). The van der Waals surface area contributed by atoms with Crippen molar-refractivity contribution in [2.45, 2.75) is 0 Å². The molecule has 0 bridgehead atoms. The molecule has 0 aliphatic rings. The zero-order valence-corrected chi connectivity index (χ0v) is 20.0. The highest BCUT2D eigenvalue weighted by molar-refractivity contribution is 7.87. The van der Waals surface area contributed by atoms with Crippen LogP contribution in [0.5, 0.6) is 0 Å². The van der Waals surface area contributed by atoms with Gasteiger partial charge in [0, 0.05) is 33.9 Å². The molecule has 0 unspecified atom stereocenters. The largest absolute Gasteiger partial charge is 0.306 e. The first-order chi connectivity index (χ1) is 17.3. The van der Waals surface area contributed by atoms with Crippen molar-refractivity contribution in [3.8, 4) is 11.3 Å². The normalized spacial score (nSPS) is 11.4. The molecule has 0 atom stereocenters. The van der Waals surface area contributed by atoms with Gasteiger partial charge in [-0.1, -0.05) is 115 Å². The number of hydrogen-bond donors (Lipinski definition) is 0. The summed E-state index contributed by atoms with van der Waals surface area (Å²) < 4.78 is 7.76. The number of benzene rings is 4. The molecule has 0 spiro atoms. The molecule has 0 aliphatic carbocycles. The molecule has 35 heavy (non-hydrogen) atoms. The summed E-state index contributed by atoms with van der Waals surface area (Å²) in [5.74, 6) is 0. The van der Waals surface area contributed by atoms with Crippen LogP contribution in [-0.2, 0) is 0 Å². The van der Waals surface area contributed by atoms with Gasteiger partial charge in [0.25, 0.3) is 0 Å². The van der Waals surface area contributed by atoms with E-state index in [0.29, 0.717) is 0 Å². The van der Waals surface area contributed by atoms with Gasteiger partial charge < -0.3 is 4.40 Å². The summed E-state index contributed by atoms with van der Waals surface area (Å²) in [4.78, 5) is 4.91. The third-order valence-electron chi connectivity index (χ3n) is 6.19. The molecule has 2 heterocycles. The number of pyridine rings is 1. The molecule has 0 saturated carbocycles. The lowest BCUT2D eigenvalue weighted by atomic mass is 10.1. The summed E-state index contributed by atoms with van der Waals surface area (Å²) in [7, 11) is -2.37. The van der Waals surface area contributed by atoms with Crippen molar-refractivity contribution >= 4 is 34.3 Å². The van der Waals surface area contributed by atoms with E-state index in [4.69, 9.17) is 9.73 Å². The van der Waals surface area contributed by atoms with Crippen LogP contribution in [0.1, 0.15) is 0 Å². The van der Waals surface area contributed by atoms with E-state index in [1.807, 2.05) is 24.4 Å². The van der Waals surface area contributed by atoms with Gasteiger partial charge in [-0.25, -0.2) is 4.98 Å². The standard InChI is InChI=1S/C31H24N3P/c1-4-14-25(15-5-1)35(26-16-6-2-7-17-26,27-18-8-3-9-19-27)33-29-21-11-10-20-28(29)30-24-34-23-13-12-22-31(34)32-30/h1-24H. The number of nitrogens with zero attached hydrogens (tertiary/aromatic N) is 3. The predicted octanol–water partition coefficient (Wildman–Crippen LogP) is 6.81. The number of hydrogen-bond acceptors (Lipinski definition) is 2. The molecule has 4 aromatic carbocycles. The van der Waals surface area contributed by atoms with E-state index in [0.717, 1.165) is 22.6 Å². The van der Waals surface area contributed by atoms with Gasteiger partial charge in [-0.05, 0) is 18.2 Å². The highest BCUT2D eigenvalue weighted by atomic mass is 31.2. The van der Waals surface area contributed by atoms with E-state index in [2.05, 4.69) is 126 Å². The molecule has 4 heteroatoms. The molecule has 0 amide bonds. The number of rotatable bonds is 5. The van der Waals surface area contributed by atoms with Crippen molar-refractivity contribution in [1.82, 2.24) is 9.38 Å². The van der Waals surface area contributed by atoms with Crippen LogP contribution in [0, 0.1) is 0 Å². The van der Waals surface area contributed by atoms with E-state index in [1.165, 1.54) is 15.9 Å². The molecule has 6 aromatic rings. The van der Waals surface area contributed by atoms with Gasteiger partial charge in [-0.3, -0.25) is 4.74 Å². The Bertz CT molecular complexity index is 1500. The average Bonchev–Trinajstić information content (AvgIpc) is 3.38. The second kappa shape index (κ2) is 9.21. The summed E-state index contributed by atoms with van der Waals surface area (Å²) in [6, 6.07) is 46.6. The molecular formula is C31H24N3P. The van der Waals surface area contributed by atoms with Crippen LogP contribution in [0.15, 0.2) is 151 Å². The third-order valence-corrected chi connectivity index (χ3v) is 9.84. The first-order valence-electron chi connectivity index (χ1n) is 11.7. The van der Waals surface area contributed by atoms with Gasteiger partial charge in [0.05, 0.1) is 18.4 Å². The highest BCUT2D eigenvalue weighted by Gasteiger charge is 2.28. The van der Waals surface area contributed by atoms with Gasteiger partial charge >= 0.3 is 0 Å². The highest BCUT2D eigenvalue weighted by Crippen LogP contribution is 2.50. The molecule has 0 saturated heterocycles. The Kier molecular flexibility index (Phi) is 5.62. The lowest BCUT2D eigenvalue weighted by molar-refractivity contribution is 1.19. The topological polar surface area (TPSA) is 29.7 Å². The van der Waals surface area contributed by atoms with Gasteiger partial charge in [0.15, 0.2) is 0 Å². The molecule has 0 fully saturated rings. The van der Waals surface area contributed by atoms with Gasteiger partial charge in [0.1, 0.15) is 5.65 Å².